The molecule has 5 aromatic rings. The van der Waals surface area contributed by atoms with Gasteiger partial charge in [-0.1, -0.05) is 137 Å². The normalized spacial score (nSPS) is 13.9. The van der Waals surface area contributed by atoms with Crippen molar-refractivity contribution in [1.82, 2.24) is 0 Å². The van der Waals surface area contributed by atoms with Crippen molar-refractivity contribution in [3.8, 4) is 40.2 Å². The summed E-state index contributed by atoms with van der Waals surface area (Å²) in [4.78, 5) is 49.3. The van der Waals surface area contributed by atoms with Gasteiger partial charge in [0, 0.05) is 113 Å². The molecule has 610 valence electrons. The second kappa shape index (κ2) is 41.5. The summed E-state index contributed by atoms with van der Waals surface area (Å²) in [6.07, 6.45) is 23.6. The molecule has 2 N–H and O–H groups in total. The minimum atomic E-state index is -0.501. The van der Waals surface area contributed by atoms with Crippen LogP contribution in [-0.2, 0) is 19.1 Å². The first kappa shape index (κ1) is 91.7. The highest BCUT2D eigenvalue weighted by Crippen LogP contribution is 2.44. The number of methoxy groups -OCH3 is 2. The van der Waals surface area contributed by atoms with Gasteiger partial charge >= 0.3 is 12.2 Å². The smallest absolute Gasteiger partial charge is 0.411 e. The van der Waals surface area contributed by atoms with Gasteiger partial charge in [-0.05, 0) is 232 Å². The largest absolute Gasteiger partial charge is 0.497 e. The molecule has 0 unspecified atom stereocenters. The van der Waals surface area contributed by atoms with E-state index >= 15 is 0 Å². The number of nitrogens with one attached hydrogen (secondary N) is 2. The van der Waals surface area contributed by atoms with Gasteiger partial charge in [-0.2, -0.15) is 0 Å². The third-order valence-corrected chi connectivity index (χ3v) is 19.0. The summed E-state index contributed by atoms with van der Waals surface area (Å²) in [5, 5.41) is 5.36. The predicted molar refractivity (Wildman–Crippen MR) is 466 cm³/mol. The highest BCUT2D eigenvalue weighted by Gasteiger charge is 2.27. The number of ketones is 2. The summed E-state index contributed by atoms with van der Waals surface area (Å²) in [6, 6.07) is 29.3. The standard InChI is InChI=1S/C21H27NO4.C20H27NO3.C19H27NO.C19H24O3.C18H24O2/c1-6-25-20(24)22-16-10-11-17-15(12-14(2)26-18(17)13-16)8-7-9-19(23)21(3,4)5;1-6-23-19(22)21-16-9-10-17-15(8-7-11-20(3,4)5)12-14(2)24-18(17)13-16;1-14-12-15(8-7-11-19(2,3)4)17-10-9-16(20(5)6)13-18(17)21-14;1-13-11-14(7-6-8-18(20)19(2,3)4)16-10-9-15(21-5)12-17(16)22-13;1-13-11-14(7-6-10-18(2,3)4)16-9-8-15(19-5)12-17(16)20-13/h10-13H,2,6-9H2,1,3-5H3,(H,22,24);9-10,12-13H,2,6-8,11H2,1,3-5H3,(H,21,22);9-10,12-13H,1,7-8,11H2,2-6H3;9-12H,1,6-8H2,2-5H3;8-9,11-12H,1,6-7,10H2,2-5H3. The van der Waals surface area contributed by atoms with Crippen LogP contribution in [0, 0.1) is 27.1 Å². The quantitative estimate of drug-likeness (QED) is 0.0596. The summed E-state index contributed by atoms with van der Waals surface area (Å²) < 4.78 is 48.9. The third kappa shape index (κ3) is 30.7. The SMILES string of the molecule is C=C1C=C(CCCC(=O)C(C)(C)C)c2ccc(NC(=O)OCC)cc2O1.C=C1C=C(CCCC(=O)C(C)(C)C)c2ccc(OC)cc2O1.C=C1C=C(CCCC(C)(C)C)c2ccc(N(C)C)cc2O1.C=C1C=C(CCCC(C)(C)C)c2ccc(NC(=O)OCC)cc2O1.C=C1C=C(CCCC(C)(C)C)c2ccc(OC)cc2O1. The zero-order chi connectivity index (χ0) is 83.8. The lowest BCUT2D eigenvalue weighted by atomic mass is 9.87. The van der Waals surface area contributed by atoms with Crippen molar-refractivity contribution >= 4 is 68.7 Å². The van der Waals surface area contributed by atoms with Crippen molar-refractivity contribution in [3.05, 3.63) is 211 Å². The zero-order valence-electron chi connectivity index (χ0n) is 71.9. The number of ether oxygens (including phenoxy) is 9. The van der Waals surface area contributed by atoms with E-state index in [-0.39, 0.29) is 16.6 Å². The second-order valence-corrected chi connectivity index (χ2v) is 34.9. The molecule has 0 radical (unpaired) electrons. The molecule has 0 saturated heterocycles. The van der Waals surface area contributed by atoms with Crippen LogP contribution < -0.4 is 48.7 Å². The fraction of sp³-hybridized carbons (Fsp3) is 0.443. The molecular weight excluding hydrogens is 1420 g/mol. The number of allylic oxidation sites excluding steroid dienone is 10. The molecule has 16 heteroatoms. The van der Waals surface area contributed by atoms with Crippen LogP contribution in [0.5, 0.6) is 40.2 Å². The maximum absolute atomic E-state index is 12.1. The summed E-state index contributed by atoms with van der Waals surface area (Å²) in [7, 11) is 7.38. The van der Waals surface area contributed by atoms with Crippen molar-refractivity contribution in [2.75, 3.05) is 57.1 Å². The Morgan fingerprint density at radius 2 is 0.637 bits per heavy atom. The Bertz CT molecular complexity index is 4400. The number of nitrogens with zero attached hydrogens (tertiary/aromatic N) is 1. The molecular formula is C97H129N3O13. The Balaban J connectivity index is 0.000000221. The number of anilines is 3. The number of fused-ring (bicyclic) bond motifs is 5. The Labute approximate surface area is 676 Å². The molecule has 0 saturated carbocycles. The molecule has 5 heterocycles. The average molecular weight is 1550 g/mol. The van der Waals surface area contributed by atoms with Gasteiger partial charge in [0.25, 0.3) is 0 Å². The molecule has 0 aromatic heterocycles. The molecule has 5 aliphatic rings. The number of carbonyl (C=O) groups excluding carboxylic acids is 4. The topological polar surface area (TPSA) is 179 Å². The first-order chi connectivity index (χ1) is 52.9. The first-order valence-electron chi connectivity index (χ1n) is 39.7. The molecule has 16 nitrogen and oxygen atoms in total. The van der Waals surface area contributed by atoms with Crippen LogP contribution in [0.15, 0.2) is 183 Å². The van der Waals surface area contributed by atoms with E-state index in [0.717, 1.165) is 137 Å². The maximum atomic E-state index is 12.1. The van der Waals surface area contributed by atoms with Crippen LogP contribution in [0.1, 0.15) is 242 Å². The van der Waals surface area contributed by atoms with E-state index in [1.165, 1.54) is 48.0 Å². The monoisotopic (exact) mass is 1540 g/mol. The van der Waals surface area contributed by atoms with Gasteiger partial charge in [0.05, 0.1) is 27.4 Å². The number of amides is 2. The second-order valence-electron chi connectivity index (χ2n) is 34.9. The van der Waals surface area contributed by atoms with Crippen LogP contribution in [0.2, 0.25) is 0 Å². The number of carbonyl (C=O) groups is 4. The van der Waals surface area contributed by atoms with Gasteiger partial charge < -0.3 is 47.5 Å². The van der Waals surface area contributed by atoms with Crippen molar-refractivity contribution in [1.29, 1.82) is 0 Å². The molecule has 0 spiro atoms. The molecule has 0 bridgehead atoms. The minimum absolute atomic E-state index is 0.262. The van der Waals surface area contributed by atoms with Crippen LogP contribution in [0.4, 0.5) is 26.7 Å². The number of hydrogen-bond donors (Lipinski definition) is 2. The summed E-state index contributed by atoms with van der Waals surface area (Å²) in [5.74, 6) is 9.29. The van der Waals surface area contributed by atoms with Crippen LogP contribution >= 0.6 is 0 Å². The molecule has 10 rings (SSSR count). The van der Waals surface area contributed by atoms with E-state index in [1.807, 2.05) is 128 Å². The Morgan fingerprint density at radius 1 is 0.372 bits per heavy atom. The van der Waals surface area contributed by atoms with Gasteiger partial charge in [-0.3, -0.25) is 20.2 Å². The van der Waals surface area contributed by atoms with Gasteiger partial charge in [-0.15, -0.1) is 0 Å². The lowest BCUT2D eigenvalue weighted by Gasteiger charge is -2.23. The van der Waals surface area contributed by atoms with E-state index < -0.39 is 12.2 Å². The van der Waals surface area contributed by atoms with Crippen LogP contribution in [-0.4, -0.2) is 65.3 Å². The van der Waals surface area contributed by atoms with Gasteiger partial charge in [0.15, 0.2) is 0 Å². The number of benzene rings is 5. The zero-order valence-corrected chi connectivity index (χ0v) is 71.9. The maximum Gasteiger partial charge on any atom is 0.411 e. The lowest BCUT2D eigenvalue weighted by Crippen LogP contribution is -2.19. The van der Waals surface area contributed by atoms with Crippen LogP contribution in [0.3, 0.4) is 0 Å². The highest BCUT2D eigenvalue weighted by molar-refractivity contribution is 5.89. The fourth-order valence-corrected chi connectivity index (χ4v) is 12.9. The molecule has 5 aromatic carbocycles. The Morgan fingerprint density at radius 3 is 0.903 bits per heavy atom. The number of Topliss-reactive ketones (excluding diaryl/α,β-unsaturated/α-hetero) is 2. The van der Waals surface area contributed by atoms with Gasteiger partial charge in [0.1, 0.15) is 80.6 Å². The lowest BCUT2D eigenvalue weighted by molar-refractivity contribution is -0.127. The third-order valence-electron chi connectivity index (χ3n) is 19.0. The van der Waals surface area contributed by atoms with E-state index in [4.69, 9.17) is 42.6 Å². The van der Waals surface area contributed by atoms with Crippen molar-refractivity contribution < 1.29 is 61.8 Å². The molecule has 0 aliphatic carbocycles. The van der Waals surface area contributed by atoms with Crippen molar-refractivity contribution in [2.45, 2.75) is 214 Å². The van der Waals surface area contributed by atoms with Gasteiger partial charge in [-0.25, -0.2) is 9.59 Å². The average Bonchev–Trinajstić information content (AvgIpc) is 0.812. The molecule has 113 heavy (non-hydrogen) atoms. The summed E-state index contributed by atoms with van der Waals surface area (Å²) in [6.45, 7) is 56.0. The highest BCUT2D eigenvalue weighted by atomic mass is 16.6. The Kier molecular flexibility index (Phi) is 33.7. The van der Waals surface area contributed by atoms with E-state index in [1.54, 1.807) is 40.2 Å². The number of hydrogen-bond acceptors (Lipinski definition) is 14. The molecule has 5 aliphatic heterocycles. The summed E-state index contributed by atoms with van der Waals surface area (Å²) >= 11 is 0. The van der Waals surface area contributed by atoms with Crippen molar-refractivity contribution in [2.24, 2.45) is 27.1 Å². The Hall–Kier alpha value is -10.2. The van der Waals surface area contributed by atoms with Crippen molar-refractivity contribution in [3.63, 3.8) is 0 Å². The first-order valence-corrected chi connectivity index (χ1v) is 39.7. The molecule has 2 amide bonds. The fourth-order valence-electron chi connectivity index (χ4n) is 12.9. The van der Waals surface area contributed by atoms with E-state index in [9.17, 15) is 19.2 Å². The number of rotatable bonds is 24. The van der Waals surface area contributed by atoms with E-state index in [2.05, 4.69) is 147 Å². The summed E-state index contributed by atoms with van der Waals surface area (Å²) in [5.41, 5.74) is 14.5. The molecule has 0 fully saturated rings. The van der Waals surface area contributed by atoms with E-state index in [0.29, 0.717) is 88.2 Å². The predicted octanol–water partition coefficient (Wildman–Crippen LogP) is 26.3. The molecule has 0 atom stereocenters. The van der Waals surface area contributed by atoms with Crippen LogP contribution in [0.25, 0.3) is 27.9 Å². The minimum Gasteiger partial charge on any atom is -0.497 e. The van der Waals surface area contributed by atoms with Gasteiger partial charge in [0.2, 0.25) is 0 Å².